The summed E-state index contributed by atoms with van der Waals surface area (Å²) in [5.41, 5.74) is 1.94. The van der Waals surface area contributed by atoms with E-state index in [1.165, 1.54) is 11.3 Å². The van der Waals surface area contributed by atoms with Gasteiger partial charge in [-0.3, -0.25) is 19.8 Å². The van der Waals surface area contributed by atoms with Gasteiger partial charge in [0.25, 0.3) is 5.91 Å². The zero-order valence-electron chi connectivity index (χ0n) is 15.7. The average molecular weight is 388 g/mol. The van der Waals surface area contributed by atoms with Crippen LogP contribution in [0.3, 0.4) is 0 Å². The number of nitrogens with one attached hydrogen (secondary N) is 2. The summed E-state index contributed by atoms with van der Waals surface area (Å²) in [6, 6.07) is 5.35. The van der Waals surface area contributed by atoms with Crippen LogP contribution in [-0.2, 0) is 4.79 Å². The van der Waals surface area contributed by atoms with Gasteiger partial charge in [0.05, 0.1) is 6.54 Å². The fourth-order valence-corrected chi connectivity index (χ4v) is 3.65. The predicted molar refractivity (Wildman–Crippen MR) is 108 cm³/mol. The fraction of sp³-hybridized carbons (Fsp3) is 0.421. The summed E-state index contributed by atoms with van der Waals surface area (Å²) in [5.74, 6) is -0.283. The van der Waals surface area contributed by atoms with Crippen molar-refractivity contribution >= 4 is 34.0 Å². The molecule has 1 aliphatic heterocycles. The van der Waals surface area contributed by atoms with Gasteiger partial charge in [0.15, 0.2) is 5.13 Å². The number of aromatic nitrogens is 1. The minimum absolute atomic E-state index is 0.0551. The molecule has 2 aromatic rings. The maximum atomic E-state index is 12.5. The van der Waals surface area contributed by atoms with Crippen molar-refractivity contribution in [2.24, 2.45) is 0 Å². The number of hydrogen-bond donors (Lipinski definition) is 2. The number of thiazole rings is 1. The zero-order valence-corrected chi connectivity index (χ0v) is 16.5. The highest BCUT2D eigenvalue weighted by Crippen LogP contribution is 2.21. The second-order valence-electron chi connectivity index (χ2n) is 6.53. The Kier molecular flexibility index (Phi) is 6.54. The molecule has 27 heavy (non-hydrogen) atoms. The SMILES string of the molecule is CCN1CCN(CC(=O)Nc2cccc(C(=O)Nc3nccs3)c2C)CC1. The van der Waals surface area contributed by atoms with Crippen LogP contribution in [0, 0.1) is 6.92 Å². The summed E-state index contributed by atoms with van der Waals surface area (Å²) in [6.45, 7) is 9.20. The van der Waals surface area contributed by atoms with Gasteiger partial charge in [-0.15, -0.1) is 11.3 Å². The largest absolute Gasteiger partial charge is 0.325 e. The van der Waals surface area contributed by atoms with E-state index in [2.05, 4.69) is 32.3 Å². The summed E-state index contributed by atoms with van der Waals surface area (Å²) < 4.78 is 0. The van der Waals surface area contributed by atoms with Crippen LogP contribution < -0.4 is 10.6 Å². The molecule has 1 aromatic heterocycles. The summed E-state index contributed by atoms with van der Waals surface area (Å²) >= 11 is 1.37. The number of nitrogens with zero attached hydrogens (tertiary/aromatic N) is 3. The quantitative estimate of drug-likeness (QED) is 0.795. The molecule has 0 radical (unpaired) electrons. The van der Waals surface area contributed by atoms with Gasteiger partial charge in [-0.05, 0) is 31.2 Å². The lowest BCUT2D eigenvalue weighted by Gasteiger charge is -2.33. The number of benzene rings is 1. The molecule has 3 rings (SSSR count). The van der Waals surface area contributed by atoms with Crippen molar-refractivity contribution < 1.29 is 9.59 Å². The molecular weight excluding hydrogens is 362 g/mol. The first-order valence-corrected chi connectivity index (χ1v) is 9.99. The number of rotatable bonds is 6. The molecule has 1 aromatic carbocycles. The molecule has 0 atom stereocenters. The maximum Gasteiger partial charge on any atom is 0.257 e. The molecule has 144 valence electrons. The third-order valence-electron chi connectivity index (χ3n) is 4.78. The Morgan fingerprint density at radius 1 is 1.15 bits per heavy atom. The standard InChI is InChI=1S/C19H25N5O2S/c1-3-23-8-10-24(11-9-23)13-17(25)21-16-6-4-5-15(14(16)2)18(26)22-19-20-7-12-27-19/h4-7,12H,3,8-11,13H2,1-2H3,(H,21,25)(H,20,22,26). The summed E-state index contributed by atoms with van der Waals surface area (Å²) in [5, 5.41) is 8.09. The summed E-state index contributed by atoms with van der Waals surface area (Å²) in [4.78, 5) is 33.5. The number of piperazine rings is 1. The summed E-state index contributed by atoms with van der Waals surface area (Å²) in [6.07, 6.45) is 1.64. The van der Waals surface area contributed by atoms with E-state index in [1.807, 2.05) is 13.0 Å². The highest BCUT2D eigenvalue weighted by atomic mass is 32.1. The van der Waals surface area contributed by atoms with Crippen molar-refractivity contribution in [3.63, 3.8) is 0 Å². The normalized spacial score (nSPS) is 15.5. The van der Waals surface area contributed by atoms with Gasteiger partial charge in [-0.25, -0.2) is 4.98 Å². The third-order valence-corrected chi connectivity index (χ3v) is 5.47. The molecule has 0 unspecified atom stereocenters. The molecule has 8 heteroatoms. The fourth-order valence-electron chi connectivity index (χ4n) is 3.12. The van der Waals surface area contributed by atoms with Crippen LogP contribution in [0.5, 0.6) is 0 Å². The second kappa shape index (κ2) is 9.07. The van der Waals surface area contributed by atoms with Crippen molar-refractivity contribution in [2.75, 3.05) is 49.9 Å². The molecule has 1 saturated heterocycles. The van der Waals surface area contributed by atoms with E-state index >= 15 is 0 Å². The topological polar surface area (TPSA) is 77.6 Å². The first-order chi connectivity index (χ1) is 13.1. The van der Waals surface area contributed by atoms with Crippen LogP contribution in [-0.4, -0.2) is 65.9 Å². The van der Waals surface area contributed by atoms with Crippen molar-refractivity contribution in [1.29, 1.82) is 0 Å². The Hall–Kier alpha value is -2.29. The molecular formula is C19H25N5O2S. The Balaban J connectivity index is 1.60. The van der Waals surface area contributed by atoms with Crippen molar-refractivity contribution in [3.8, 4) is 0 Å². The number of amides is 2. The first-order valence-electron chi connectivity index (χ1n) is 9.12. The Morgan fingerprint density at radius 2 is 1.89 bits per heavy atom. The van der Waals surface area contributed by atoms with Crippen LogP contribution >= 0.6 is 11.3 Å². The Morgan fingerprint density at radius 3 is 2.56 bits per heavy atom. The van der Waals surface area contributed by atoms with Crippen LogP contribution in [0.15, 0.2) is 29.8 Å². The van der Waals surface area contributed by atoms with E-state index in [0.717, 1.165) is 38.3 Å². The van der Waals surface area contributed by atoms with Gasteiger partial charge in [-0.2, -0.15) is 0 Å². The minimum Gasteiger partial charge on any atom is -0.325 e. The number of carbonyl (C=O) groups is 2. The lowest BCUT2D eigenvalue weighted by molar-refractivity contribution is -0.117. The Labute approximate surface area is 163 Å². The van der Waals surface area contributed by atoms with E-state index in [0.29, 0.717) is 22.9 Å². The highest BCUT2D eigenvalue weighted by Gasteiger charge is 2.19. The van der Waals surface area contributed by atoms with Crippen molar-refractivity contribution in [3.05, 3.63) is 40.9 Å². The van der Waals surface area contributed by atoms with Crippen molar-refractivity contribution in [1.82, 2.24) is 14.8 Å². The summed E-state index contributed by atoms with van der Waals surface area (Å²) in [7, 11) is 0. The van der Waals surface area contributed by atoms with E-state index in [4.69, 9.17) is 0 Å². The molecule has 2 N–H and O–H groups in total. The third kappa shape index (κ3) is 5.12. The molecule has 0 aliphatic carbocycles. The first kappa shape index (κ1) is 19.5. The number of likely N-dealkylation sites (N-methyl/N-ethyl adjacent to an activating group) is 1. The van der Waals surface area contributed by atoms with Crippen LogP contribution in [0.2, 0.25) is 0 Å². The zero-order chi connectivity index (χ0) is 19.2. The average Bonchev–Trinajstić information content (AvgIpc) is 3.17. The lowest BCUT2D eigenvalue weighted by Crippen LogP contribution is -2.48. The van der Waals surface area contributed by atoms with Gasteiger partial charge in [-0.1, -0.05) is 13.0 Å². The molecule has 0 spiro atoms. The molecule has 0 saturated carbocycles. The van der Waals surface area contributed by atoms with Gasteiger partial charge in [0.1, 0.15) is 0 Å². The molecule has 0 bridgehead atoms. The maximum absolute atomic E-state index is 12.5. The second-order valence-corrected chi connectivity index (χ2v) is 7.42. The van der Waals surface area contributed by atoms with E-state index < -0.39 is 0 Å². The van der Waals surface area contributed by atoms with Crippen LogP contribution in [0.1, 0.15) is 22.8 Å². The van der Waals surface area contributed by atoms with E-state index in [9.17, 15) is 9.59 Å². The monoisotopic (exact) mass is 387 g/mol. The van der Waals surface area contributed by atoms with Gasteiger partial charge in [0.2, 0.25) is 5.91 Å². The van der Waals surface area contributed by atoms with Crippen molar-refractivity contribution in [2.45, 2.75) is 13.8 Å². The lowest BCUT2D eigenvalue weighted by atomic mass is 10.1. The smallest absolute Gasteiger partial charge is 0.257 e. The van der Waals surface area contributed by atoms with Gasteiger partial charge in [0, 0.05) is 49.0 Å². The Bertz CT molecular complexity index is 785. The molecule has 1 fully saturated rings. The number of hydrogen-bond acceptors (Lipinski definition) is 6. The predicted octanol–water partition coefficient (Wildman–Crippen LogP) is 2.28. The van der Waals surface area contributed by atoms with Gasteiger partial charge >= 0.3 is 0 Å². The molecule has 1 aliphatic rings. The minimum atomic E-state index is -0.228. The molecule has 7 nitrogen and oxygen atoms in total. The van der Waals surface area contributed by atoms with E-state index in [1.54, 1.807) is 23.7 Å². The molecule has 2 heterocycles. The highest BCUT2D eigenvalue weighted by molar-refractivity contribution is 7.13. The van der Waals surface area contributed by atoms with E-state index in [-0.39, 0.29) is 11.8 Å². The van der Waals surface area contributed by atoms with Gasteiger partial charge < -0.3 is 10.2 Å². The van der Waals surface area contributed by atoms with Crippen LogP contribution in [0.25, 0.3) is 0 Å². The van der Waals surface area contributed by atoms with Crippen LogP contribution in [0.4, 0.5) is 10.8 Å². The number of anilines is 2. The number of carbonyl (C=O) groups excluding carboxylic acids is 2. The molecule has 2 amide bonds.